The van der Waals surface area contributed by atoms with E-state index in [1.54, 1.807) is 12.1 Å². The fraction of sp³-hybridized carbons (Fsp3) is 0.571. The van der Waals surface area contributed by atoms with E-state index >= 15 is 0 Å². The predicted octanol–water partition coefficient (Wildman–Crippen LogP) is 4.72. The van der Waals surface area contributed by atoms with Crippen molar-refractivity contribution in [1.29, 1.82) is 0 Å². The first-order valence-electron chi connectivity index (χ1n) is 6.30. The van der Waals surface area contributed by atoms with Gasteiger partial charge in [-0.3, -0.25) is 0 Å². The molecule has 0 bridgehead atoms. The van der Waals surface area contributed by atoms with E-state index in [-0.39, 0.29) is 5.82 Å². The smallest absolute Gasteiger partial charge is 0.147 e. The molecule has 3 atom stereocenters. The second-order valence-corrected chi connectivity index (χ2v) is 5.52. The largest absolute Gasteiger partial charge is 0.378 e. The highest BCUT2D eigenvalue weighted by Gasteiger charge is 2.27. The fourth-order valence-electron chi connectivity index (χ4n) is 2.61. The monoisotopic (exact) mass is 255 g/mol. The Balaban J connectivity index is 2.15. The normalized spacial score (nSPS) is 29.1. The molecule has 2 rings (SSSR count). The maximum absolute atomic E-state index is 13.7. The lowest BCUT2D eigenvalue weighted by Crippen LogP contribution is -2.35. The van der Waals surface area contributed by atoms with E-state index in [9.17, 15) is 4.39 Å². The first-order valence-corrected chi connectivity index (χ1v) is 6.68. The second-order valence-electron chi connectivity index (χ2n) is 5.11. The van der Waals surface area contributed by atoms with Crippen LogP contribution in [-0.2, 0) is 0 Å². The highest BCUT2D eigenvalue weighted by atomic mass is 35.5. The molecule has 0 amide bonds. The van der Waals surface area contributed by atoms with Gasteiger partial charge in [0.05, 0.1) is 10.7 Å². The molecule has 1 aliphatic carbocycles. The second kappa shape index (κ2) is 5.26. The Morgan fingerprint density at radius 3 is 2.76 bits per heavy atom. The van der Waals surface area contributed by atoms with E-state index in [0.29, 0.717) is 28.6 Å². The van der Waals surface area contributed by atoms with Crippen LogP contribution < -0.4 is 5.32 Å². The third-order valence-corrected chi connectivity index (χ3v) is 4.31. The van der Waals surface area contributed by atoms with Crippen molar-refractivity contribution < 1.29 is 4.39 Å². The van der Waals surface area contributed by atoms with E-state index < -0.39 is 0 Å². The van der Waals surface area contributed by atoms with Gasteiger partial charge < -0.3 is 5.32 Å². The first kappa shape index (κ1) is 12.7. The van der Waals surface area contributed by atoms with E-state index in [4.69, 9.17) is 11.6 Å². The van der Waals surface area contributed by atoms with E-state index in [1.807, 2.05) is 0 Å². The zero-order valence-corrected chi connectivity index (χ0v) is 11.1. The minimum Gasteiger partial charge on any atom is -0.378 e. The summed E-state index contributed by atoms with van der Waals surface area (Å²) in [6, 6.07) is 5.14. The van der Waals surface area contributed by atoms with Gasteiger partial charge in [-0.25, -0.2) is 4.39 Å². The summed E-state index contributed by atoms with van der Waals surface area (Å²) in [6.07, 6.45) is 3.57. The van der Waals surface area contributed by atoms with Crippen LogP contribution in [0.25, 0.3) is 0 Å². The average Bonchev–Trinajstić information content (AvgIpc) is 2.29. The topological polar surface area (TPSA) is 12.0 Å². The molecular formula is C14H19ClFN. The molecule has 1 saturated carbocycles. The molecule has 0 radical (unpaired) electrons. The van der Waals surface area contributed by atoms with Crippen molar-refractivity contribution in [2.24, 2.45) is 11.8 Å². The van der Waals surface area contributed by atoms with Crippen LogP contribution in [0.4, 0.5) is 10.1 Å². The van der Waals surface area contributed by atoms with Gasteiger partial charge in [0, 0.05) is 6.04 Å². The number of anilines is 1. The average molecular weight is 256 g/mol. The van der Waals surface area contributed by atoms with E-state index in [0.717, 1.165) is 6.42 Å². The lowest BCUT2D eigenvalue weighted by atomic mass is 9.78. The number of nitrogens with one attached hydrogen (secondary N) is 1. The van der Waals surface area contributed by atoms with Crippen molar-refractivity contribution in [1.82, 2.24) is 0 Å². The number of para-hydroxylation sites is 1. The molecular weight excluding hydrogens is 237 g/mol. The summed E-state index contributed by atoms with van der Waals surface area (Å²) in [5.41, 5.74) is 0.458. The van der Waals surface area contributed by atoms with Crippen LogP contribution in [0.2, 0.25) is 5.02 Å². The summed E-state index contributed by atoms with van der Waals surface area (Å²) in [7, 11) is 0. The molecule has 1 nitrogen and oxygen atoms in total. The lowest BCUT2D eigenvalue weighted by Gasteiger charge is -2.35. The number of benzene rings is 1. The van der Waals surface area contributed by atoms with Gasteiger partial charge in [-0.1, -0.05) is 44.4 Å². The Morgan fingerprint density at radius 1 is 1.29 bits per heavy atom. The van der Waals surface area contributed by atoms with Crippen LogP contribution in [0.15, 0.2) is 18.2 Å². The molecule has 3 heteroatoms. The van der Waals surface area contributed by atoms with Crippen LogP contribution >= 0.6 is 11.6 Å². The summed E-state index contributed by atoms with van der Waals surface area (Å²) in [4.78, 5) is 0. The molecule has 1 aliphatic rings. The first-order chi connectivity index (χ1) is 8.09. The van der Waals surface area contributed by atoms with Gasteiger partial charge in [-0.2, -0.15) is 0 Å². The Kier molecular flexibility index (Phi) is 3.93. The van der Waals surface area contributed by atoms with Gasteiger partial charge >= 0.3 is 0 Å². The van der Waals surface area contributed by atoms with Crippen LogP contribution in [0.5, 0.6) is 0 Å². The molecule has 17 heavy (non-hydrogen) atoms. The summed E-state index contributed by atoms with van der Waals surface area (Å²) in [6.45, 7) is 4.50. The number of rotatable bonds is 2. The summed E-state index contributed by atoms with van der Waals surface area (Å²) in [5, 5.41) is 3.76. The zero-order valence-electron chi connectivity index (χ0n) is 10.3. The predicted molar refractivity (Wildman–Crippen MR) is 71.0 cm³/mol. The van der Waals surface area contributed by atoms with Gasteiger partial charge in [-0.15, -0.1) is 0 Å². The SMILES string of the molecule is CC1CCCC(Nc2c(F)cccc2Cl)C1C. The minimum atomic E-state index is -0.261. The molecule has 1 fully saturated rings. The van der Waals surface area contributed by atoms with Crippen molar-refractivity contribution in [3.8, 4) is 0 Å². The third kappa shape index (κ3) is 2.74. The molecule has 94 valence electrons. The molecule has 0 heterocycles. The Labute approximate surface area is 107 Å². The Morgan fingerprint density at radius 2 is 2.06 bits per heavy atom. The van der Waals surface area contributed by atoms with E-state index in [1.165, 1.54) is 18.9 Å². The quantitative estimate of drug-likeness (QED) is 0.807. The van der Waals surface area contributed by atoms with Crippen molar-refractivity contribution in [2.75, 3.05) is 5.32 Å². The Bertz CT molecular complexity index is 374. The molecule has 1 aromatic carbocycles. The van der Waals surface area contributed by atoms with Gasteiger partial charge in [0.2, 0.25) is 0 Å². The van der Waals surface area contributed by atoms with Crippen molar-refractivity contribution in [3.05, 3.63) is 29.0 Å². The standard InChI is InChI=1S/C14H19ClFN/c1-9-5-3-8-13(10(9)2)17-14-11(15)6-4-7-12(14)16/h4,6-7,9-10,13,17H,3,5,8H2,1-2H3. The van der Waals surface area contributed by atoms with E-state index in [2.05, 4.69) is 19.2 Å². The summed E-state index contributed by atoms with van der Waals surface area (Å²) >= 11 is 6.03. The number of hydrogen-bond donors (Lipinski definition) is 1. The van der Waals surface area contributed by atoms with Gasteiger partial charge in [0.15, 0.2) is 0 Å². The summed E-state index contributed by atoms with van der Waals surface area (Å²) < 4.78 is 13.7. The molecule has 0 saturated heterocycles. The maximum Gasteiger partial charge on any atom is 0.147 e. The van der Waals surface area contributed by atoms with Crippen molar-refractivity contribution in [3.63, 3.8) is 0 Å². The third-order valence-electron chi connectivity index (χ3n) is 4.00. The Hall–Kier alpha value is -0.760. The minimum absolute atomic E-state index is 0.261. The fourth-order valence-corrected chi connectivity index (χ4v) is 2.82. The van der Waals surface area contributed by atoms with Crippen molar-refractivity contribution >= 4 is 17.3 Å². The molecule has 3 unspecified atom stereocenters. The van der Waals surface area contributed by atoms with Gasteiger partial charge in [0.1, 0.15) is 5.82 Å². The van der Waals surface area contributed by atoms with Gasteiger partial charge in [0.25, 0.3) is 0 Å². The van der Waals surface area contributed by atoms with Crippen LogP contribution in [0.1, 0.15) is 33.1 Å². The molecule has 0 aliphatic heterocycles. The van der Waals surface area contributed by atoms with Crippen LogP contribution in [0, 0.1) is 17.7 Å². The highest BCUT2D eigenvalue weighted by Crippen LogP contribution is 2.34. The van der Waals surface area contributed by atoms with Crippen LogP contribution in [-0.4, -0.2) is 6.04 Å². The number of hydrogen-bond acceptors (Lipinski definition) is 1. The highest BCUT2D eigenvalue weighted by molar-refractivity contribution is 6.33. The number of halogens is 2. The molecule has 1 N–H and O–H groups in total. The summed E-state index contributed by atoms with van der Waals surface area (Å²) in [5.74, 6) is 0.981. The van der Waals surface area contributed by atoms with Gasteiger partial charge in [-0.05, 0) is 30.4 Å². The zero-order chi connectivity index (χ0) is 12.4. The lowest BCUT2D eigenvalue weighted by molar-refractivity contribution is 0.253. The maximum atomic E-state index is 13.7. The molecule has 0 spiro atoms. The molecule has 0 aromatic heterocycles. The van der Waals surface area contributed by atoms with Crippen LogP contribution in [0.3, 0.4) is 0 Å². The van der Waals surface area contributed by atoms with Crippen molar-refractivity contribution in [2.45, 2.75) is 39.2 Å². The molecule has 1 aromatic rings.